The molecule has 11 heteroatoms. The standard InChI is InChI=1S/C23H20Cl2N4O5/c1-13(2)21(27-22(30)14-3-5-15(24)6-4-14)23(31)28-26-12-17-8-10-20(34-17)18-11-16(29(32)33)7-9-19(18)25/h3-13,21H,1-2H3,(H,27,30)(H,28,31). The molecule has 9 nitrogen and oxygen atoms in total. The number of halogens is 2. The Balaban J connectivity index is 1.66. The first-order chi connectivity index (χ1) is 16.2. The van der Waals surface area contributed by atoms with Crippen LogP contribution in [0.4, 0.5) is 5.69 Å². The van der Waals surface area contributed by atoms with Crippen molar-refractivity contribution in [3.63, 3.8) is 0 Å². The second-order valence-electron chi connectivity index (χ2n) is 7.56. The van der Waals surface area contributed by atoms with Gasteiger partial charge in [-0.1, -0.05) is 37.0 Å². The van der Waals surface area contributed by atoms with E-state index in [1.54, 1.807) is 50.2 Å². The van der Waals surface area contributed by atoms with Crippen LogP contribution < -0.4 is 10.7 Å². The predicted octanol–water partition coefficient (Wildman–Crippen LogP) is 5.07. The van der Waals surface area contributed by atoms with E-state index in [1.165, 1.54) is 24.4 Å². The largest absolute Gasteiger partial charge is 0.455 e. The van der Waals surface area contributed by atoms with E-state index in [-0.39, 0.29) is 22.4 Å². The number of carbonyl (C=O) groups excluding carboxylic acids is 2. The number of amides is 2. The molecular weight excluding hydrogens is 483 g/mol. The van der Waals surface area contributed by atoms with Crippen LogP contribution >= 0.6 is 23.2 Å². The molecule has 0 saturated carbocycles. The Kier molecular flexibility index (Phi) is 8.04. The molecule has 1 atom stereocenters. The number of benzene rings is 2. The molecule has 0 bridgehead atoms. The molecule has 2 aromatic carbocycles. The lowest BCUT2D eigenvalue weighted by Crippen LogP contribution is -2.48. The first-order valence-electron chi connectivity index (χ1n) is 10.1. The Hall–Kier alpha value is -3.69. The van der Waals surface area contributed by atoms with Crippen LogP contribution in [0, 0.1) is 16.0 Å². The first kappa shape index (κ1) is 24.9. The molecule has 0 saturated heterocycles. The van der Waals surface area contributed by atoms with E-state index in [0.29, 0.717) is 21.9 Å². The number of hydrogen-bond donors (Lipinski definition) is 2. The third-order valence-electron chi connectivity index (χ3n) is 4.76. The Morgan fingerprint density at radius 3 is 2.44 bits per heavy atom. The highest BCUT2D eigenvalue weighted by atomic mass is 35.5. The maximum absolute atomic E-state index is 12.6. The number of furan rings is 1. The lowest BCUT2D eigenvalue weighted by molar-refractivity contribution is -0.384. The smallest absolute Gasteiger partial charge is 0.270 e. The van der Waals surface area contributed by atoms with Gasteiger partial charge in [0.05, 0.1) is 16.2 Å². The topological polar surface area (TPSA) is 127 Å². The maximum Gasteiger partial charge on any atom is 0.270 e. The van der Waals surface area contributed by atoms with Crippen molar-refractivity contribution in [1.82, 2.24) is 10.7 Å². The van der Waals surface area contributed by atoms with Crippen LogP contribution in [0.25, 0.3) is 11.3 Å². The van der Waals surface area contributed by atoms with Crippen molar-refractivity contribution in [1.29, 1.82) is 0 Å². The zero-order valence-corrected chi connectivity index (χ0v) is 19.6. The number of hydrazone groups is 1. The van der Waals surface area contributed by atoms with Crippen molar-refractivity contribution in [2.24, 2.45) is 11.0 Å². The number of nitrogens with zero attached hydrogens (tertiary/aromatic N) is 2. The van der Waals surface area contributed by atoms with Crippen LogP contribution in [-0.2, 0) is 4.79 Å². The van der Waals surface area contributed by atoms with Gasteiger partial charge in [0, 0.05) is 28.3 Å². The predicted molar refractivity (Wildman–Crippen MR) is 129 cm³/mol. The van der Waals surface area contributed by atoms with Crippen LogP contribution in [0.3, 0.4) is 0 Å². The Labute approximate surface area is 204 Å². The Morgan fingerprint density at radius 2 is 1.79 bits per heavy atom. The van der Waals surface area contributed by atoms with Gasteiger partial charge in [0.15, 0.2) is 0 Å². The van der Waals surface area contributed by atoms with Crippen molar-refractivity contribution in [2.75, 3.05) is 0 Å². The van der Waals surface area contributed by atoms with Crippen molar-refractivity contribution >= 4 is 46.9 Å². The number of nitro benzene ring substituents is 1. The van der Waals surface area contributed by atoms with Gasteiger partial charge >= 0.3 is 0 Å². The molecule has 2 N–H and O–H groups in total. The van der Waals surface area contributed by atoms with E-state index in [9.17, 15) is 19.7 Å². The highest BCUT2D eigenvalue weighted by Crippen LogP contribution is 2.32. The van der Waals surface area contributed by atoms with E-state index < -0.39 is 22.8 Å². The molecule has 0 aliphatic carbocycles. The minimum Gasteiger partial charge on any atom is -0.455 e. The van der Waals surface area contributed by atoms with Gasteiger partial charge in [0.2, 0.25) is 0 Å². The highest BCUT2D eigenvalue weighted by molar-refractivity contribution is 6.33. The van der Waals surface area contributed by atoms with Crippen LogP contribution in [0.5, 0.6) is 0 Å². The molecule has 0 radical (unpaired) electrons. The van der Waals surface area contributed by atoms with Gasteiger partial charge in [-0.15, -0.1) is 0 Å². The normalized spacial score (nSPS) is 12.0. The van der Waals surface area contributed by atoms with Crippen molar-refractivity contribution in [3.8, 4) is 11.3 Å². The quantitative estimate of drug-likeness (QED) is 0.252. The number of rotatable bonds is 8. The maximum atomic E-state index is 12.6. The molecule has 0 fully saturated rings. The highest BCUT2D eigenvalue weighted by Gasteiger charge is 2.24. The van der Waals surface area contributed by atoms with Crippen molar-refractivity contribution in [3.05, 3.63) is 86.1 Å². The monoisotopic (exact) mass is 502 g/mol. The average Bonchev–Trinajstić information content (AvgIpc) is 3.26. The lowest BCUT2D eigenvalue weighted by atomic mass is 10.0. The zero-order chi connectivity index (χ0) is 24.8. The van der Waals surface area contributed by atoms with Gasteiger partial charge in [-0.2, -0.15) is 5.10 Å². The summed E-state index contributed by atoms with van der Waals surface area (Å²) in [5.41, 5.74) is 2.98. The van der Waals surface area contributed by atoms with Gasteiger partial charge < -0.3 is 9.73 Å². The number of non-ortho nitro benzene ring substituents is 1. The fourth-order valence-electron chi connectivity index (χ4n) is 2.97. The van der Waals surface area contributed by atoms with Gasteiger partial charge in [0.1, 0.15) is 17.6 Å². The fraction of sp³-hybridized carbons (Fsp3) is 0.174. The molecule has 0 aliphatic rings. The van der Waals surface area contributed by atoms with Gasteiger partial charge in [-0.3, -0.25) is 19.7 Å². The minimum absolute atomic E-state index is 0.126. The average molecular weight is 503 g/mol. The van der Waals surface area contributed by atoms with E-state index in [4.69, 9.17) is 27.6 Å². The van der Waals surface area contributed by atoms with Crippen LogP contribution in [0.15, 0.2) is 64.1 Å². The minimum atomic E-state index is -0.837. The summed E-state index contributed by atoms with van der Waals surface area (Å²) < 4.78 is 5.62. The van der Waals surface area contributed by atoms with Crippen LogP contribution in [-0.4, -0.2) is 29.0 Å². The molecular formula is C23H20Cl2N4O5. The molecule has 3 aromatic rings. The molecule has 176 valence electrons. The summed E-state index contributed by atoms with van der Waals surface area (Å²) in [7, 11) is 0. The third kappa shape index (κ3) is 6.21. The second kappa shape index (κ2) is 11.0. The number of hydrogen-bond acceptors (Lipinski definition) is 6. The Morgan fingerprint density at radius 1 is 1.09 bits per heavy atom. The molecule has 0 spiro atoms. The SMILES string of the molecule is CC(C)C(NC(=O)c1ccc(Cl)cc1)C(=O)NN=Cc1ccc(-c2cc([N+](=O)[O-])ccc2Cl)o1. The molecule has 2 amide bonds. The number of nitrogens with one attached hydrogen (secondary N) is 2. The summed E-state index contributed by atoms with van der Waals surface area (Å²) in [5.74, 6) is -0.556. The van der Waals surface area contributed by atoms with E-state index >= 15 is 0 Å². The first-order valence-corrected chi connectivity index (χ1v) is 10.8. The molecule has 1 aromatic heterocycles. The zero-order valence-electron chi connectivity index (χ0n) is 18.1. The summed E-state index contributed by atoms with van der Waals surface area (Å²) >= 11 is 12.0. The molecule has 0 aliphatic heterocycles. The molecule has 3 rings (SSSR count). The van der Waals surface area contributed by atoms with E-state index in [1.807, 2.05) is 0 Å². The molecule has 34 heavy (non-hydrogen) atoms. The summed E-state index contributed by atoms with van der Waals surface area (Å²) in [6.07, 6.45) is 1.27. The van der Waals surface area contributed by atoms with Gasteiger partial charge in [-0.05, 0) is 48.4 Å². The number of carbonyl (C=O) groups is 2. The summed E-state index contributed by atoms with van der Waals surface area (Å²) in [4.78, 5) is 35.5. The van der Waals surface area contributed by atoms with E-state index in [0.717, 1.165) is 0 Å². The summed E-state index contributed by atoms with van der Waals surface area (Å²) in [5, 5.41) is 18.4. The van der Waals surface area contributed by atoms with Crippen molar-refractivity contribution < 1.29 is 18.9 Å². The second-order valence-corrected chi connectivity index (χ2v) is 8.40. The van der Waals surface area contributed by atoms with E-state index in [2.05, 4.69) is 15.8 Å². The van der Waals surface area contributed by atoms with Gasteiger partial charge in [-0.25, -0.2) is 5.43 Å². The van der Waals surface area contributed by atoms with Crippen LogP contribution in [0.1, 0.15) is 30.0 Å². The summed E-state index contributed by atoms with van der Waals surface area (Å²) in [6.45, 7) is 3.58. The summed E-state index contributed by atoms with van der Waals surface area (Å²) in [6, 6.07) is 12.6. The Bertz CT molecular complexity index is 1240. The third-order valence-corrected chi connectivity index (χ3v) is 5.34. The fourth-order valence-corrected chi connectivity index (χ4v) is 3.31. The van der Waals surface area contributed by atoms with Crippen LogP contribution in [0.2, 0.25) is 10.0 Å². The van der Waals surface area contributed by atoms with Gasteiger partial charge in [0.25, 0.3) is 17.5 Å². The molecule has 1 heterocycles. The number of nitro groups is 1. The lowest BCUT2D eigenvalue weighted by Gasteiger charge is -2.20. The van der Waals surface area contributed by atoms with Crippen molar-refractivity contribution in [2.45, 2.75) is 19.9 Å². The molecule has 1 unspecified atom stereocenters.